The molecule has 32 heavy (non-hydrogen) atoms. The first-order valence-electron chi connectivity index (χ1n) is 10.3. The lowest BCUT2D eigenvalue weighted by Crippen LogP contribution is -2.35. The van der Waals surface area contributed by atoms with Crippen LogP contribution in [0.1, 0.15) is 18.1 Å². The number of aromatic nitrogens is 4. The zero-order valence-electron chi connectivity index (χ0n) is 17.9. The molecular weight excluding hydrogens is 430 g/mol. The average molecular weight is 454 g/mol. The zero-order chi connectivity index (χ0) is 22.7. The molecule has 1 aromatic carbocycles. The molecule has 1 aliphatic heterocycles. The van der Waals surface area contributed by atoms with Crippen molar-refractivity contribution in [2.75, 3.05) is 29.9 Å². The van der Waals surface area contributed by atoms with E-state index in [0.29, 0.717) is 36.3 Å². The molecule has 0 radical (unpaired) electrons. The Bertz CT molecular complexity index is 1130. The van der Waals surface area contributed by atoms with Gasteiger partial charge in [0.25, 0.3) is 0 Å². The lowest BCUT2D eigenvalue weighted by molar-refractivity contribution is -0.126. The first kappa shape index (κ1) is 21.8. The van der Waals surface area contributed by atoms with Gasteiger partial charge < -0.3 is 15.5 Å². The molecule has 3 heterocycles. The fourth-order valence-electron chi connectivity index (χ4n) is 3.66. The van der Waals surface area contributed by atoms with E-state index in [1.165, 1.54) is 0 Å². The van der Waals surface area contributed by atoms with Gasteiger partial charge in [-0.05, 0) is 38.1 Å². The summed E-state index contributed by atoms with van der Waals surface area (Å²) in [5, 5.41) is 6.72. The number of hydrogen-bond acceptors (Lipinski definition) is 6. The monoisotopic (exact) mass is 453 g/mol. The van der Waals surface area contributed by atoms with Crippen molar-refractivity contribution in [3.05, 3.63) is 59.4 Å². The molecule has 2 amide bonds. The molecular formula is C22H24ClN7O2. The van der Waals surface area contributed by atoms with Gasteiger partial charge in [-0.15, -0.1) is 0 Å². The molecule has 10 heteroatoms. The Kier molecular flexibility index (Phi) is 6.36. The van der Waals surface area contributed by atoms with E-state index in [-0.39, 0.29) is 24.2 Å². The average Bonchev–Trinajstić information content (AvgIpc) is 3.37. The Labute approximate surface area is 190 Å². The summed E-state index contributed by atoms with van der Waals surface area (Å²) in [6.45, 7) is 4.99. The maximum atomic E-state index is 12.6. The van der Waals surface area contributed by atoms with Crippen LogP contribution in [0.4, 0.5) is 11.5 Å². The van der Waals surface area contributed by atoms with Gasteiger partial charge in [0.2, 0.25) is 11.8 Å². The van der Waals surface area contributed by atoms with Crippen LogP contribution in [0.25, 0.3) is 5.82 Å². The van der Waals surface area contributed by atoms with Gasteiger partial charge in [0.05, 0.1) is 5.92 Å². The van der Waals surface area contributed by atoms with E-state index in [1.54, 1.807) is 35.4 Å². The number of anilines is 2. The van der Waals surface area contributed by atoms with E-state index in [1.807, 2.05) is 30.7 Å². The van der Waals surface area contributed by atoms with E-state index in [0.717, 1.165) is 17.3 Å². The van der Waals surface area contributed by atoms with E-state index in [4.69, 9.17) is 11.6 Å². The predicted octanol–water partition coefficient (Wildman–Crippen LogP) is 2.51. The molecule has 1 atom stereocenters. The molecule has 0 bridgehead atoms. The zero-order valence-corrected chi connectivity index (χ0v) is 18.6. The third-order valence-corrected chi connectivity index (χ3v) is 5.51. The summed E-state index contributed by atoms with van der Waals surface area (Å²) in [5.41, 5.74) is 0.749. The summed E-state index contributed by atoms with van der Waals surface area (Å²) in [7, 11) is 0. The van der Waals surface area contributed by atoms with Crippen molar-refractivity contribution in [2.24, 2.45) is 5.92 Å². The highest BCUT2D eigenvalue weighted by Crippen LogP contribution is 2.26. The second kappa shape index (κ2) is 9.35. The molecule has 2 aromatic heterocycles. The van der Waals surface area contributed by atoms with Crippen molar-refractivity contribution in [1.29, 1.82) is 0 Å². The van der Waals surface area contributed by atoms with Crippen LogP contribution >= 0.6 is 11.6 Å². The Morgan fingerprint density at radius 2 is 1.97 bits per heavy atom. The van der Waals surface area contributed by atoms with Gasteiger partial charge in [0, 0.05) is 55.2 Å². The van der Waals surface area contributed by atoms with Crippen LogP contribution in [0.2, 0.25) is 5.02 Å². The van der Waals surface area contributed by atoms with Crippen LogP contribution in [0, 0.1) is 19.8 Å². The Morgan fingerprint density at radius 1 is 1.19 bits per heavy atom. The van der Waals surface area contributed by atoms with E-state index >= 15 is 0 Å². The largest absolute Gasteiger partial charge is 0.368 e. The van der Waals surface area contributed by atoms with Crippen LogP contribution in [0.5, 0.6) is 0 Å². The number of benzene rings is 1. The summed E-state index contributed by atoms with van der Waals surface area (Å²) in [6.07, 6.45) is 3.76. The van der Waals surface area contributed by atoms with Crippen molar-refractivity contribution in [2.45, 2.75) is 20.3 Å². The van der Waals surface area contributed by atoms with Crippen LogP contribution < -0.4 is 15.5 Å². The van der Waals surface area contributed by atoms with Crippen LogP contribution in [0.3, 0.4) is 0 Å². The summed E-state index contributed by atoms with van der Waals surface area (Å²) in [6, 6.07) is 8.87. The lowest BCUT2D eigenvalue weighted by Gasteiger charge is -2.17. The number of halogens is 1. The van der Waals surface area contributed by atoms with E-state index < -0.39 is 0 Å². The third kappa shape index (κ3) is 4.88. The number of rotatable bonds is 7. The molecule has 0 spiro atoms. The van der Waals surface area contributed by atoms with Gasteiger partial charge in [0.1, 0.15) is 23.3 Å². The minimum absolute atomic E-state index is 0.0654. The summed E-state index contributed by atoms with van der Waals surface area (Å²) >= 11 is 5.91. The van der Waals surface area contributed by atoms with Gasteiger partial charge in [0.15, 0.2) is 0 Å². The van der Waals surface area contributed by atoms with Gasteiger partial charge in [-0.25, -0.2) is 15.0 Å². The van der Waals surface area contributed by atoms with Crippen LogP contribution in [0.15, 0.2) is 42.7 Å². The molecule has 0 saturated carbocycles. The summed E-state index contributed by atoms with van der Waals surface area (Å²) in [5.74, 6) is 2.28. The molecule has 3 aromatic rings. The standard InChI is InChI=1S/C22H24ClN7O2/c1-14-27-19(12-20(28-14)29-10-9-24-15(29)2)25-7-8-26-22(32)16-11-21(31)30(13-16)18-5-3-17(23)4-6-18/h3-6,9-10,12,16H,7-8,11,13H2,1-2H3,(H,26,32)(H,25,27,28)/t16-/m0/s1. The first-order chi connectivity index (χ1) is 15.4. The van der Waals surface area contributed by atoms with E-state index in [9.17, 15) is 9.59 Å². The van der Waals surface area contributed by atoms with Crippen molar-refractivity contribution < 1.29 is 9.59 Å². The molecule has 0 unspecified atom stereocenters. The maximum absolute atomic E-state index is 12.6. The van der Waals surface area contributed by atoms with Crippen LogP contribution in [-0.4, -0.2) is 51.0 Å². The highest BCUT2D eigenvalue weighted by atomic mass is 35.5. The number of nitrogens with zero attached hydrogens (tertiary/aromatic N) is 5. The number of carbonyl (C=O) groups is 2. The molecule has 1 aliphatic rings. The van der Waals surface area contributed by atoms with Gasteiger partial charge in [-0.2, -0.15) is 0 Å². The van der Waals surface area contributed by atoms with Crippen molar-refractivity contribution in [3.8, 4) is 5.82 Å². The highest BCUT2D eigenvalue weighted by Gasteiger charge is 2.34. The molecule has 2 N–H and O–H groups in total. The molecule has 0 aliphatic carbocycles. The second-order valence-corrected chi connectivity index (χ2v) is 8.04. The minimum atomic E-state index is -0.379. The summed E-state index contributed by atoms with van der Waals surface area (Å²) in [4.78, 5) is 39.6. The number of amides is 2. The van der Waals surface area contributed by atoms with Crippen molar-refractivity contribution in [3.63, 3.8) is 0 Å². The lowest BCUT2D eigenvalue weighted by atomic mass is 10.1. The number of nitrogens with one attached hydrogen (secondary N) is 2. The predicted molar refractivity (Wildman–Crippen MR) is 122 cm³/mol. The number of aryl methyl sites for hydroxylation is 2. The fraction of sp³-hybridized carbons (Fsp3) is 0.318. The number of hydrogen-bond donors (Lipinski definition) is 2. The molecule has 4 rings (SSSR count). The molecule has 166 valence electrons. The number of imidazole rings is 1. The Balaban J connectivity index is 1.28. The van der Waals surface area contributed by atoms with Crippen molar-refractivity contribution >= 4 is 34.9 Å². The Morgan fingerprint density at radius 3 is 2.69 bits per heavy atom. The van der Waals surface area contributed by atoms with Crippen LogP contribution in [-0.2, 0) is 9.59 Å². The SMILES string of the molecule is Cc1nc(NCCNC(=O)[C@H]2CC(=O)N(c3ccc(Cl)cc3)C2)cc(-n2ccnc2C)n1. The molecule has 9 nitrogen and oxygen atoms in total. The smallest absolute Gasteiger partial charge is 0.227 e. The first-order valence-corrected chi connectivity index (χ1v) is 10.7. The third-order valence-electron chi connectivity index (χ3n) is 5.26. The van der Waals surface area contributed by atoms with Gasteiger partial charge in [-0.1, -0.05) is 11.6 Å². The van der Waals surface area contributed by atoms with E-state index in [2.05, 4.69) is 25.6 Å². The van der Waals surface area contributed by atoms with Gasteiger partial charge in [-0.3, -0.25) is 14.2 Å². The normalized spacial score (nSPS) is 15.8. The minimum Gasteiger partial charge on any atom is -0.368 e. The second-order valence-electron chi connectivity index (χ2n) is 7.60. The Hall–Kier alpha value is -3.46. The topological polar surface area (TPSA) is 105 Å². The highest BCUT2D eigenvalue weighted by molar-refractivity contribution is 6.30. The summed E-state index contributed by atoms with van der Waals surface area (Å²) < 4.78 is 1.88. The van der Waals surface area contributed by atoms with Crippen molar-refractivity contribution in [1.82, 2.24) is 24.8 Å². The van der Waals surface area contributed by atoms with Gasteiger partial charge >= 0.3 is 0 Å². The fourth-order valence-corrected chi connectivity index (χ4v) is 3.79. The quantitative estimate of drug-likeness (QED) is 0.532. The molecule has 1 saturated heterocycles. The number of carbonyl (C=O) groups excluding carboxylic acids is 2. The maximum Gasteiger partial charge on any atom is 0.227 e. The molecule has 1 fully saturated rings.